The van der Waals surface area contributed by atoms with E-state index in [1.165, 1.54) is 5.39 Å². The summed E-state index contributed by atoms with van der Waals surface area (Å²) >= 11 is 0. The van der Waals surface area contributed by atoms with Crippen molar-refractivity contribution in [2.45, 2.75) is 13.0 Å². The number of pyridine rings is 1. The van der Waals surface area contributed by atoms with Crippen LogP contribution in [0.25, 0.3) is 10.9 Å². The zero-order valence-electron chi connectivity index (χ0n) is 11.9. The fraction of sp³-hybridized carbons (Fsp3) is 0.438. The Balaban J connectivity index is 1.62. The second kappa shape index (κ2) is 6.20. The number of nitrogens with zero attached hydrogens (tertiary/aromatic N) is 2. The van der Waals surface area contributed by atoms with Gasteiger partial charge in [-0.3, -0.25) is 4.90 Å². The van der Waals surface area contributed by atoms with Gasteiger partial charge in [0, 0.05) is 31.1 Å². The normalized spacial score (nSPS) is 18.1. The average molecular weight is 271 g/mol. The molecule has 0 amide bonds. The van der Waals surface area contributed by atoms with Crippen LogP contribution < -0.4 is 5.32 Å². The van der Waals surface area contributed by atoms with Gasteiger partial charge in [0.15, 0.2) is 0 Å². The highest BCUT2D eigenvalue weighted by Gasteiger charge is 2.13. The number of nitrogens with one attached hydrogen (secondary N) is 1. The van der Waals surface area contributed by atoms with Crippen molar-refractivity contribution in [2.75, 3.05) is 38.2 Å². The molecule has 1 aliphatic heterocycles. The van der Waals surface area contributed by atoms with Crippen LogP contribution in [0, 0.1) is 0 Å². The molecule has 1 aliphatic rings. The summed E-state index contributed by atoms with van der Waals surface area (Å²) in [4.78, 5) is 7.09. The maximum Gasteiger partial charge on any atom is 0.126 e. The smallest absolute Gasteiger partial charge is 0.126 e. The van der Waals surface area contributed by atoms with Crippen molar-refractivity contribution < 1.29 is 4.74 Å². The standard InChI is InChI=1S/C16H21N3O/c1-13(12-19-8-10-20-11-9-19)17-16-7-6-14-4-2-3-5-15(14)18-16/h2-7,13H,8-12H2,1H3,(H,17,18). The first kappa shape index (κ1) is 13.3. The second-order valence-electron chi connectivity index (χ2n) is 5.35. The zero-order valence-corrected chi connectivity index (χ0v) is 11.9. The molecule has 1 N–H and O–H groups in total. The van der Waals surface area contributed by atoms with Gasteiger partial charge in [0.2, 0.25) is 0 Å². The topological polar surface area (TPSA) is 37.4 Å². The van der Waals surface area contributed by atoms with Crippen molar-refractivity contribution >= 4 is 16.7 Å². The van der Waals surface area contributed by atoms with Gasteiger partial charge in [-0.25, -0.2) is 4.98 Å². The number of benzene rings is 1. The van der Waals surface area contributed by atoms with Gasteiger partial charge in [-0.15, -0.1) is 0 Å². The molecular formula is C16H21N3O. The molecule has 1 saturated heterocycles. The van der Waals surface area contributed by atoms with E-state index in [0.717, 1.165) is 44.2 Å². The van der Waals surface area contributed by atoms with E-state index in [0.29, 0.717) is 6.04 Å². The van der Waals surface area contributed by atoms with E-state index in [1.54, 1.807) is 0 Å². The van der Waals surface area contributed by atoms with Crippen LogP contribution in [0.1, 0.15) is 6.92 Å². The molecule has 1 aromatic heterocycles. The van der Waals surface area contributed by atoms with Crippen LogP contribution in [0.15, 0.2) is 36.4 Å². The molecule has 0 bridgehead atoms. The lowest BCUT2D eigenvalue weighted by atomic mass is 10.2. The van der Waals surface area contributed by atoms with Gasteiger partial charge < -0.3 is 10.1 Å². The first-order valence-corrected chi connectivity index (χ1v) is 7.24. The van der Waals surface area contributed by atoms with Crippen LogP contribution in [-0.4, -0.2) is 48.8 Å². The zero-order chi connectivity index (χ0) is 13.8. The van der Waals surface area contributed by atoms with Crippen LogP contribution >= 0.6 is 0 Å². The molecule has 2 heterocycles. The molecule has 1 unspecified atom stereocenters. The minimum absolute atomic E-state index is 0.377. The van der Waals surface area contributed by atoms with Crippen molar-refractivity contribution in [3.63, 3.8) is 0 Å². The van der Waals surface area contributed by atoms with Crippen molar-refractivity contribution in [3.05, 3.63) is 36.4 Å². The molecule has 0 radical (unpaired) electrons. The second-order valence-corrected chi connectivity index (χ2v) is 5.35. The molecular weight excluding hydrogens is 250 g/mol. The van der Waals surface area contributed by atoms with Gasteiger partial charge >= 0.3 is 0 Å². The number of hydrogen-bond donors (Lipinski definition) is 1. The molecule has 1 aromatic carbocycles. The van der Waals surface area contributed by atoms with E-state index in [-0.39, 0.29) is 0 Å². The van der Waals surface area contributed by atoms with E-state index >= 15 is 0 Å². The van der Waals surface area contributed by atoms with Crippen LogP contribution in [0.2, 0.25) is 0 Å². The summed E-state index contributed by atoms with van der Waals surface area (Å²) in [6.07, 6.45) is 0. The summed E-state index contributed by atoms with van der Waals surface area (Å²) < 4.78 is 5.37. The quantitative estimate of drug-likeness (QED) is 0.926. The molecule has 106 valence electrons. The molecule has 2 aromatic rings. The highest BCUT2D eigenvalue weighted by molar-refractivity contribution is 5.80. The summed E-state index contributed by atoms with van der Waals surface area (Å²) in [6.45, 7) is 6.97. The Morgan fingerprint density at radius 3 is 2.85 bits per heavy atom. The lowest BCUT2D eigenvalue weighted by Gasteiger charge is -2.29. The summed E-state index contributed by atoms with van der Waals surface area (Å²) in [5.74, 6) is 0.949. The third-order valence-corrected chi connectivity index (χ3v) is 3.63. The first-order chi connectivity index (χ1) is 9.81. The summed E-state index contributed by atoms with van der Waals surface area (Å²) in [7, 11) is 0. The van der Waals surface area contributed by atoms with E-state index in [1.807, 2.05) is 18.2 Å². The van der Waals surface area contributed by atoms with Crippen LogP contribution in [0.4, 0.5) is 5.82 Å². The average Bonchev–Trinajstić information content (AvgIpc) is 2.48. The Hall–Kier alpha value is -1.65. The molecule has 0 spiro atoms. The van der Waals surface area contributed by atoms with E-state index < -0.39 is 0 Å². The van der Waals surface area contributed by atoms with E-state index in [2.05, 4.69) is 40.3 Å². The number of hydrogen-bond acceptors (Lipinski definition) is 4. The number of anilines is 1. The number of para-hydroxylation sites is 1. The Bertz CT molecular complexity index is 566. The third kappa shape index (κ3) is 3.26. The van der Waals surface area contributed by atoms with Gasteiger partial charge in [-0.05, 0) is 25.1 Å². The Kier molecular flexibility index (Phi) is 4.14. The van der Waals surface area contributed by atoms with Crippen LogP contribution in [0.5, 0.6) is 0 Å². The Labute approximate surface area is 119 Å². The van der Waals surface area contributed by atoms with Gasteiger partial charge in [0.25, 0.3) is 0 Å². The maximum atomic E-state index is 5.37. The fourth-order valence-electron chi connectivity index (χ4n) is 2.62. The molecule has 1 atom stereocenters. The van der Waals surface area contributed by atoms with Gasteiger partial charge in [0.05, 0.1) is 18.7 Å². The number of morpholine rings is 1. The third-order valence-electron chi connectivity index (χ3n) is 3.63. The van der Waals surface area contributed by atoms with Crippen molar-refractivity contribution in [3.8, 4) is 0 Å². The predicted octanol–water partition coefficient (Wildman–Crippen LogP) is 2.37. The first-order valence-electron chi connectivity index (χ1n) is 7.24. The molecule has 3 rings (SSSR count). The van der Waals surface area contributed by atoms with Crippen LogP contribution in [0.3, 0.4) is 0 Å². The van der Waals surface area contributed by atoms with Gasteiger partial charge in [0.1, 0.15) is 5.82 Å². The van der Waals surface area contributed by atoms with Crippen molar-refractivity contribution in [1.82, 2.24) is 9.88 Å². The van der Waals surface area contributed by atoms with Crippen molar-refractivity contribution in [1.29, 1.82) is 0 Å². The lowest BCUT2D eigenvalue weighted by Crippen LogP contribution is -2.42. The lowest BCUT2D eigenvalue weighted by molar-refractivity contribution is 0.0368. The fourth-order valence-corrected chi connectivity index (χ4v) is 2.62. The highest BCUT2D eigenvalue weighted by atomic mass is 16.5. The largest absolute Gasteiger partial charge is 0.379 e. The number of rotatable bonds is 4. The summed E-state index contributed by atoms with van der Waals surface area (Å²) in [5.41, 5.74) is 1.04. The van der Waals surface area contributed by atoms with Crippen LogP contribution in [-0.2, 0) is 4.74 Å². The SMILES string of the molecule is CC(CN1CCOCC1)Nc1ccc2ccccc2n1. The van der Waals surface area contributed by atoms with Crippen molar-refractivity contribution in [2.24, 2.45) is 0 Å². The van der Waals surface area contributed by atoms with Gasteiger partial charge in [-0.2, -0.15) is 0 Å². The van der Waals surface area contributed by atoms with E-state index in [9.17, 15) is 0 Å². The molecule has 4 heteroatoms. The Morgan fingerprint density at radius 2 is 2.00 bits per heavy atom. The summed E-state index contributed by atoms with van der Waals surface area (Å²) in [6, 6.07) is 12.7. The molecule has 1 fully saturated rings. The summed E-state index contributed by atoms with van der Waals surface area (Å²) in [5, 5.41) is 4.67. The highest BCUT2D eigenvalue weighted by Crippen LogP contribution is 2.15. The molecule has 4 nitrogen and oxygen atoms in total. The number of fused-ring (bicyclic) bond motifs is 1. The Morgan fingerprint density at radius 1 is 1.20 bits per heavy atom. The monoisotopic (exact) mass is 271 g/mol. The predicted molar refractivity (Wildman–Crippen MR) is 82.1 cm³/mol. The molecule has 20 heavy (non-hydrogen) atoms. The minimum Gasteiger partial charge on any atom is -0.379 e. The molecule has 0 aliphatic carbocycles. The van der Waals surface area contributed by atoms with E-state index in [4.69, 9.17) is 4.74 Å². The number of ether oxygens (including phenoxy) is 1. The molecule has 0 saturated carbocycles. The van der Waals surface area contributed by atoms with Gasteiger partial charge in [-0.1, -0.05) is 18.2 Å². The number of aromatic nitrogens is 1. The maximum absolute atomic E-state index is 5.37. The minimum atomic E-state index is 0.377.